The summed E-state index contributed by atoms with van der Waals surface area (Å²) in [5, 5.41) is 60.9. The van der Waals surface area contributed by atoms with Crippen molar-refractivity contribution in [3.8, 4) is 17.1 Å². The molecule has 11 nitrogen and oxygen atoms in total. The Morgan fingerprint density at radius 1 is 1.07 bits per heavy atom. The summed E-state index contributed by atoms with van der Waals surface area (Å²) < 4.78 is 5.90. The van der Waals surface area contributed by atoms with Crippen LogP contribution in [0.4, 0.5) is 0 Å². The molecule has 0 saturated heterocycles. The summed E-state index contributed by atoms with van der Waals surface area (Å²) in [5.74, 6) is -8.39. The van der Waals surface area contributed by atoms with Crippen molar-refractivity contribution in [2.24, 2.45) is 11.8 Å². The number of carbonyl (C=O) groups excluding carboxylic acids is 3. The number of phenolic OH excluding ortho intramolecular Hbond substituents is 1. The van der Waals surface area contributed by atoms with Crippen LogP contribution in [0.25, 0.3) is 28.1 Å². The molecule has 3 aromatic rings. The molecule has 218 valence electrons. The van der Waals surface area contributed by atoms with Gasteiger partial charge in [0, 0.05) is 23.9 Å². The minimum atomic E-state index is -2.92. The smallest absolute Gasteiger partial charge is 0.258 e. The SMILES string of the molecule is CNC(=O)C1=C(O)C2(O)C(=O)C3=C(O)c4c(ccc(-c5cc6ccccc6o5)c4O)C(C)C3C(O)C2C(N(C)C)C1=O. The van der Waals surface area contributed by atoms with E-state index in [1.54, 1.807) is 37.3 Å². The lowest BCUT2D eigenvalue weighted by atomic mass is 9.54. The molecule has 3 aliphatic carbocycles. The van der Waals surface area contributed by atoms with Crippen LogP contribution in [-0.4, -0.2) is 86.8 Å². The molecular formula is C31H30N2O9. The first-order valence-electron chi connectivity index (χ1n) is 13.5. The molecule has 11 heteroatoms. The molecule has 6 rings (SSSR count). The molecule has 1 amide bonds. The second kappa shape index (κ2) is 9.28. The molecule has 1 heterocycles. The van der Waals surface area contributed by atoms with Crippen molar-refractivity contribution < 1.29 is 44.3 Å². The number of carbonyl (C=O) groups is 3. The van der Waals surface area contributed by atoms with E-state index in [1.165, 1.54) is 26.0 Å². The van der Waals surface area contributed by atoms with Gasteiger partial charge in [0.15, 0.2) is 11.4 Å². The zero-order valence-corrected chi connectivity index (χ0v) is 23.2. The molecule has 3 aliphatic rings. The Kier molecular flexibility index (Phi) is 6.12. The number of benzene rings is 2. The van der Waals surface area contributed by atoms with Crippen molar-refractivity contribution in [2.45, 2.75) is 30.6 Å². The zero-order valence-electron chi connectivity index (χ0n) is 23.2. The van der Waals surface area contributed by atoms with Gasteiger partial charge in [0.05, 0.1) is 29.2 Å². The molecule has 6 unspecified atom stereocenters. The van der Waals surface area contributed by atoms with Crippen molar-refractivity contribution in [2.75, 3.05) is 21.1 Å². The number of para-hydroxylation sites is 1. The van der Waals surface area contributed by atoms with Crippen LogP contribution in [0, 0.1) is 11.8 Å². The van der Waals surface area contributed by atoms with Crippen molar-refractivity contribution in [1.82, 2.24) is 10.2 Å². The van der Waals surface area contributed by atoms with Gasteiger partial charge in [-0.3, -0.25) is 19.3 Å². The summed E-state index contributed by atoms with van der Waals surface area (Å²) in [6.07, 6.45) is -1.63. The number of aliphatic hydroxyl groups is 4. The van der Waals surface area contributed by atoms with Gasteiger partial charge in [0.25, 0.3) is 5.91 Å². The number of furan rings is 1. The van der Waals surface area contributed by atoms with Crippen LogP contribution < -0.4 is 5.32 Å². The third-order valence-electron chi connectivity index (χ3n) is 9.03. The number of hydrogen-bond donors (Lipinski definition) is 6. The summed E-state index contributed by atoms with van der Waals surface area (Å²) in [6.45, 7) is 1.69. The lowest BCUT2D eigenvalue weighted by molar-refractivity contribution is -0.169. The van der Waals surface area contributed by atoms with Gasteiger partial charge < -0.3 is 35.3 Å². The lowest BCUT2D eigenvalue weighted by Crippen LogP contribution is -2.70. The van der Waals surface area contributed by atoms with E-state index < -0.39 is 75.6 Å². The number of phenols is 1. The van der Waals surface area contributed by atoms with Gasteiger partial charge in [-0.05, 0) is 43.8 Å². The first-order valence-corrected chi connectivity index (χ1v) is 13.5. The van der Waals surface area contributed by atoms with Crippen LogP contribution in [0.5, 0.6) is 5.75 Å². The molecule has 1 saturated carbocycles. The summed E-state index contributed by atoms with van der Waals surface area (Å²) in [7, 11) is 4.20. The number of fused-ring (bicyclic) bond motifs is 4. The molecule has 1 aromatic heterocycles. The Labute approximate surface area is 240 Å². The van der Waals surface area contributed by atoms with Crippen molar-refractivity contribution in [1.29, 1.82) is 0 Å². The predicted molar refractivity (Wildman–Crippen MR) is 150 cm³/mol. The molecule has 6 atom stereocenters. The Morgan fingerprint density at radius 2 is 1.76 bits per heavy atom. The fourth-order valence-corrected chi connectivity index (χ4v) is 7.04. The number of amides is 1. The molecule has 42 heavy (non-hydrogen) atoms. The summed E-state index contributed by atoms with van der Waals surface area (Å²) in [5.41, 5.74) is -3.00. The molecule has 1 fully saturated rings. The monoisotopic (exact) mass is 574 g/mol. The fourth-order valence-electron chi connectivity index (χ4n) is 7.04. The zero-order chi connectivity index (χ0) is 30.4. The minimum absolute atomic E-state index is 0.0830. The molecule has 2 aromatic carbocycles. The Hall–Kier alpha value is -4.45. The maximum atomic E-state index is 14.2. The average Bonchev–Trinajstić information content (AvgIpc) is 3.38. The maximum Gasteiger partial charge on any atom is 0.258 e. The summed E-state index contributed by atoms with van der Waals surface area (Å²) in [4.78, 5) is 41.7. The molecule has 6 N–H and O–H groups in total. The van der Waals surface area contributed by atoms with Crippen LogP contribution >= 0.6 is 0 Å². The number of likely N-dealkylation sites (N-methyl/N-ethyl adjacent to an activating group) is 2. The van der Waals surface area contributed by atoms with Gasteiger partial charge in [-0.2, -0.15) is 0 Å². The highest BCUT2D eigenvalue weighted by atomic mass is 16.4. The summed E-state index contributed by atoms with van der Waals surface area (Å²) in [6, 6.07) is 10.9. The second-order valence-corrected chi connectivity index (χ2v) is 11.3. The maximum absolute atomic E-state index is 14.2. The van der Waals surface area contributed by atoms with Crippen molar-refractivity contribution in [3.05, 3.63) is 70.5 Å². The van der Waals surface area contributed by atoms with E-state index in [1.807, 2.05) is 12.1 Å². The lowest BCUT2D eigenvalue weighted by Gasteiger charge is -2.53. The van der Waals surface area contributed by atoms with Crippen LogP contribution in [0.1, 0.15) is 24.0 Å². The second-order valence-electron chi connectivity index (χ2n) is 11.3. The van der Waals surface area contributed by atoms with Crippen LogP contribution in [0.3, 0.4) is 0 Å². The van der Waals surface area contributed by atoms with E-state index in [0.717, 1.165) is 5.39 Å². The predicted octanol–water partition coefficient (Wildman–Crippen LogP) is 2.17. The van der Waals surface area contributed by atoms with Crippen molar-refractivity contribution >= 4 is 34.2 Å². The molecule has 0 radical (unpaired) electrons. The highest BCUT2D eigenvalue weighted by Crippen LogP contribution is 2.57. The van der Waals surface area contributed by atoms with Crippen LogP contribution in [-0.2, 0) is 14.4 Å². The van der Waals surface area contributed by atoms with E-state index in [2.05, 4.69) is 5.32 Å². The molecule has 0 bridgehead atoms. The van der Waals surface area contributed by atoms with Crippen LogP contribution in [0.15, 0.2) is 63.8 Å². The Balaban J connectivity index is 1.59. The van der Waals surface area contributed by atoms with E-state index in [9.17, 15) is 39.9 Å². The molecular weight excluding hydrogens is 544 g/mol. The van der Waals surface area contributed by atoms with Gasteiger partial charge in [-0.15, -0.1) is 0 Å². The number of aromatic hydroxyl groups is 1. The summed E-state index contributed by atoms with van der Waals surface area (Å²) >= 11 is 0. The fraction of sp³-hybridized carbons (Fsp3) is 0.323. The standard InChI is InChI=1S/C31H30N2O9/c1-12-14-9-10-15(17-11-13-7-5-6-8-16(13)42-17)24(34)19(14)25(35)20-18(12)26(36)22-23(33(3)4)27(37)21(30(40)32-2)29(39)31(22,41)28(20)38/h5-12,18,22-23,26,34-36,39,41H,1-4H3,(H,32,40). The molecule has 0 spiro atoms. The highest BCUT2D eigenvalue weighted by molar-refractivity contribution is 6.25. The number of Topliss-reactive ketones (excluding diaryl/α,β-unsaturated/α-hetero) is 2. The van der Waals surface area contributed by atoms with Gasteiger partial charge >= 0.3 is 0 Å². The number of rotatable bonds is 3. The van der Waals surface area contributed by atoms with Gasteiger partial charge in [0.2, 0.25) is 5.78 Å². The van der Waals surface area contributed by atoms with E-state index >= 15 is 0 Å². The van der Waals surface area contributed by atoms with E-state index in [0.29, 0.717) is 16.9 Å². The van der Waals surface area contributed by atoms with Gasteiger partial charge in [-0.25, -0.2) is 0 Å². The number of aliphatic hydroxyl groups excluding tert-OH is 3. The van der Waals surface area contributed by atoms with Crippen LogP contribution in [0.2, 0.25) is 0 Å². The normalized spacial score (nSPS) is 29.1. The molecule has 0 aliphatic heterocycles. The van der Waals surface area contributed by atoms with Gasteiger partial charge in [-0.1, -0.05) is 31.2 Å². The highest BCUT2D eigenvalue weighted by Gasteiger charge is 2.68. The number of hydrogen-bond acceptors (Lipinski definition) is 10. The largest absolute Gasteiger partial charge is 0.508 e. The third kappa shape index (κ3) is 3.41. The first-order chi connectivity index (χ1) is 19.9. The average molecular weight is 575 g/mol. The van der Waals surface area contributed by atoms with E-state index in [-0.39, 0.29) is 16.9 Å². The van der Waals surface area contributed by atoms with Crippen molar-refractivity contribution in [3.63, 3.8) is 0 Å². The quantitative estimate of drug-likeness (QED) is 0.254. The van der Waals surface area contributed by atoms with Gasteiger partial charge in [0.1, 0.15) is 34.2 Å². The Morgan fingerprint density at radius 3 is 2.40 bits per heavy atom. The Bertz CT molecular complexity index is 1730. The third-order valence-corrected chi connectivity index (χ3v) is 9.03. The van der Waals surface area contributed by atoms with E-state index in [4.69, 9.17) is 4.42 Å². The number of nitrogens with zero attached hydrogens (tertiary/aromatic N) is 1. The topological polar surface area (TPSA) is 181 Å². The first kappa shape index (κ1) is 27.7. The number of nitrogens with one attached hydrogen (secondary N) is 1. The number of ketones is 2. The minimum Gasteiger partial charge on any atom is -0.508 e.